The van der Waals surface area contributed by atoms with Crippen LogP contribution in [0.5, 0.6) is 0 Å². The molecule has 0 atom stereocenters. The van der Waals surface area contributed by atoms with Crippen molar-refractivity contribution in [1.29, 1.82) is 0 Å². The third-order valence-corrected chi connectivity index (χ3v) is 3.88. The molecule has 0 aromatic carbocycles. The van der Waals surface area contributed by atoms with E-state index in [9.17, 15) is 17.3 Å². The molecule has 0 aliphatic heterocycles. The van der Waals surface area contributed by atoms with Gasteiger partial charge in [-0.25, -0.2) is 0 Å². The molecular formula is C16H17BF4N4Pd-2. The fraction of sp³-hybridized carbons (Fsp3) is 0.125. The predicted molar refractivity (Wildman–Crippen MR) is 88.9 cm³/mol. The van der Waals surface area contributed by atoms with Gasteiger partial charge in [-0.05, 0) is 0 Å². The molecule has 0 N–H and O–H groups in total. The van der Waals surface area contributed by atoms with Crippen LogP contribution in [0, 0.1) is 11.3 Å². The normalized spacial score (nSPS) is 10.5. The Morgan fingerprint density at radius 2 is 1.19 bits per heavy atom. The average Bonchev–Trinajstić information content (AvgIpc) is 2.89. The molecule has 3 heterocycles. The van der Waals surface area contributed by atoms with Crippen LogP contribution in [0.2, 0.25) is 0 Å². The Morgan fingerprint density at radius 3 is 1.50 bits per heavy atom. The van der Waals surface area contributed by atoms with Crippen molar-refractivity contribution in [1.82, 2.24) is 19.1 Å². The molecule has 0 saturated heterocycles. The zero-order valence-electron chi connectivity index (χ0n) is 13.9. The Labute approximate surface area is 159 Å². The Kier molecular flexibility index (Phi) is 8.62. The average molecular weight is 459 g/mol. The Morgan fingerprint density at radius 1 is 0.808 bits per heavy atom. The number of halogens is 4. The first-order chi connectivity index (χ1) is 11.8. The zero-order chi connectivity index (χ0) is 18.3. The molecule has 10 heteroatoms. The van der Waals surface area contributed by atoms with E-state index in [0.29, 0.717) is 0 Å². The van der Waals surface area contributed by atoms with Gasteiger partial charge >= 0.3 is 135 Å². The standard InChI is InChI=1S/C15H14N4.CH3.BF4.Pd/c1-3-7-16-14(5-1)11-18-9-10-19(13-18)12-15-6-2-4-8-17-15;;2-1(3,4)5;/h1-10H,11-12H2;1H3;;/q;2*-1;. The van der Waals surface area contributed by atoms with Gasteiger partial charge in [0.15, 0.2) is 0 Å². The summed E-state index contributed by atoms with van der Waals surface area (Å²) in [6, 6.07) is 11.9. The van der Waals surface area contributed by atoms with E-state index in [2.05, 4.69) is 50.2 Å². The second-order valence-corrected chi connectivity index (χ2v) is 5.63. The maximum absolute atomic E-state index is 9.75. The summed E-state index contributed by atoms with van der Waals surface area (Å²) in [5.41, 5.74) is 2.08. The van der Waals surface area contributed by atoms with Gasteiger partial charge < -0.3 is 24.7 Å². The molecule has 0 radical (unpaired) electrons. The van der Waals surface area contributed by atoms with Crippen molar-refractivity contribution in [3.05, 3.63) is 83.9 Å². The number of nitrogens with zero attached hydrogens (tertiary/aromatic N) is 4. The first-order valence-corrected chi connectivity index (χ1v) is 7.99. The van der Waals surface area contributed by atoms with E-state index < -0.39 is 7.25 Å². The SMILES string of the molecule is F[B-](F)(F)F.[CH3-].[Pd]=[c]1n(Cc2ccccn2)ccn1Cc1ccccn1. The van der Waals surface area contributed by atoms with Gasteiger partial charge in [0.05, 0.1) is 0 Å². The second-order valence-electron chi connectivity index (χ2n) is 4.93. The molecule has 0 aliphatic rings. The van der Waals surface area contributed by atoms with Gasteiger partial charge in [0, 0.05) is 0 Å². The van der Waals surface area contributed by atoms with Crippen LogP contribution in [0.25, 0.3) is 0 Å². The van der Waals surface area contributed by atoms with Crippen LogP contribution in [0.1, 0.15) is 11.4 Å². The Balaban J connectivity index is 0.000000501. The van der Waals surface area contributed by atoms with Gasteiger partial charge in [0.1, 0.15) is 0 Å². The summed E-state index contributed by atoms with van der Waals surface area (Å²) in [6.07, 6.45) is 7.74. The number of imidazole rings is 1. The molecule has 0 saturated carbocycles. The van der Waals surface area contributed by atoms with E-state index in [1.807, 2.05) is 48.8 Å². The zero-order valence-corrected chi connectivity index (χ0v) is 15.4. The quantitative estimate of drug-likeness (QED) is 0.337. The van der Waals surface area contributed by atoms with Gasteiger partial charge in [-0.1, -0.05) is 0 Å². The van der Waals surface area contributed by atoms with Crippen LogP contribution in [-0.2, 0) is 31.8 Å². The molecule has 0 amide bonds. The van der Waals surface area contributed by atoms with Crippen molar-refractivity contribution in [3.8, 4) is 0 Å². The van der Waals surface area contributed by atoms with Crippen molar-refractivity contribution in [3.63, 3.8) is 0 Å². The summed E-state index contributed by atoms with van der Waals surface area (Å²) >= 11 is 3.33. The van der Waals surface area contributed by atoms with E-state index in [-0.39, 0.29) is 7.43 Å². The van der Waals surface area contributed by atoms with Gasteiger partial charge in [-0.2, -0.15) is 0 Å². The van der Waals surface area contributed by atoms with E-state index in [1.54, 1.807) is 0 Å². The molecule has 0 fully saturated rings. The number of rotatable bonds is 4. The van der Waals surface area contributed by atoms with E-state index in [4.69, 9.17) is 0 Å². The molecule has 3 aromatic rings. The molecule has 3 rings (SSSR count). The van der Waals surface area contributed by atoms with Crippen LogP contribution in [0.15, 0.2) is 61.2 Å². The number of hydrogen-bond acceptors (Lipinski definition) is 2. The van der Waals surface area contributed by atoms with E-state index in [0.717, 1.165) is 28.4 Å². The first-order valence-electron chi connectivity index (χ1n) is 7.21. The Hall–Kier alpha value is -2.04. The van der Waals surface area contributed by atoms with Crippen molar-refractivity contribution in [2.45, 2.75) is 13.1 Å². The van der Waals surface area contributed by atoms with Crippen molar-refractivity contribution >= 4 is 7.25 Å². The van der Waals surface area contributed by atoms with Gasteiger partial charge in [0.2, 0.25) is 0 Å². The summed E-state index contributed by atoms with van der Waals surface area (Å²) in [4.78, 5) is 8.70. The summed E-state index contributed by atoms with van der Waals surface area (Å²) < 4.78 is 44.3. The molecule has 0 spiro atoms. The monoisotopic (exact) mass is 458 g/mol. The number of pyridine rings is 2. The molecular weight excluding hydrogens is 441 g/mol. The number of hydrogen-bond donors (Lipinski definition) is 0. The molecule has 0 aliphatic carbocycles. The molecule has 144 valence electrons. The molecule has 3 aromatic heterocycles. The molecule has 0 unspecified atom stereocenters. The third kappa shape index (κ3) is 7.89. The van der Waals surface area contributed by atoms with E-state index in [1.165, 1.54) is 0 Å². The van der Waals surface area contributed by atoms with Crippen LogP contribution < -0.4 is 0 Å². The van der Waals surface area contributed by atoms with Gasteiger partial charge in [-0.15, -0.1) is 0 Å². The van der Waals surface area contributed by atoms with Crippen LogP contribution in [0.4, 0.5) is 17.3 Å². The van der Waals surface area contributed by atoms with Crippen LogP contribution in [0.3, 0.4) is 0 Å². The predicted octanol–water partition coefficient (Wildman–Crippen LogP) is 4.01. The van der Waals surface area contributed by atoms with Crippen molar-refractivity contribution in [2.24, 2.45) is 0 Å². The second kappa shape index (κ2) is 10.2. The summed E-state index contributed by atoms with van der Waals surface area (Å²) in [7, 11) is -6.00. The van der Waals surface area contributed by atoms with Crippen LogP contribution >= 0.6 is 0 Å². The fourth-order valence-corrected chi connectivity index (χ4v) is 2.48. The van der Waals surface area contributed by atoms with Crippen LogP contribution in [-0.4, -0.2) is 26.4 Å². The van der Waals surface area contributed by atoms with Gasteiger partial charge in [0.25, 0.3) is 0 Å². The Bertz CT molecular complexity index is 767. The van der Waals surface area contributed by atoms with E-state index >= 15 is 0 Å². The summed E-state index contributed by atoms with van der Waals surface area (Å²) in [5.74, 6) is 0. The first kappa shape index (κ1) is 22.0. The minimum absolute atomic E-state index is 0. The third-order valence-electron chi connectivity index (χ3n) is 2.98. The van der Waals surface area contributed by atoms with Crippen molar-refractivity contribution < 1.29 is 36.0 Å². The maximum atomic E-state index is 9.75. The van der Waals surface area contributed by atoms with Crippen molar-refractivity contribution in [2.75, 3.05) is 0 Å². The topological polar surface area (TPSA) is 35.6 Å². The van der Waals surface area contributed by atoms with Gasteiger partial charge in [-0.3, -0.25) is 0 Å². The minimum atomic E-state index is -6.00. The fourth-order valence-electron chi connectivity index (χ4n) is 2.00. The molecule has 0 bridgehead atoms. The molecule has 26 heavy (non-hydrogen) atoms. The number of aromatic nitrogens is 4. The summed E-state index contributed by atoms with van der Waals surface area (Å²) in [5, 5.41) is 0. The molecule has 4 nitrogen and oxygen atoms in total. The summed E-state index contributed by atoms with van der Waals surface area (Å²) in [6.45, 7) is 1.51.